The first-order valence-corrected chi connectivity index (χ1v) is 8.38. The highest BCUT2D eigenvalue weighted by atomic mass is 32.2. The molecule has 8 heteroatoms. The third-order valence-corrected chi connectivity index (χ3v) is 5.83. The Kier molecular flexibility index (Phi) is 4.48. The van der Waals surface area contributed by atoms with Gasteiger partial charge in [0, 0.05) is 12.6 Å². The van der Waals surface area contributed by atoms with E-state index in [1.165, 1.54) is 22.5 Å². The summed E-state index contributed by atoms with van der Waals surface area (Å²) in [7, 11) is -3.91. The smallest absolute Gasteiger partial charge is 0.312 e. The van der Waals surface area contributed by atoms with E-state index in [0.29, 0.717) is 13.0 Å². The van der Waals surface area contributed by atoms with Crippen LogP contribution in [0.5, 0.6) is 0 Å². The number of nitro benzene ring substituents is 1. The van der Waals surface area contributed by atoms with Crippen LogP contribution in [0.25, 0.3) is 0 Å². The lowest BCUT2D eigenvalue weighted by molar-refractivity contribution is -0.386. The van der Waals surface area contributed by atoms with Crippen LogP contribution in [0.15, 0.2) is 23.1 Å². The van der Waals surface area contributed by atoms with Crippen molar-refractivity contribution in [1.82, 2.24) is 4.31 Å². The SMILES string of the molecule is CCC1CCCCN1S(=O)(=O)c1cccc(N)c1[N+](=O)[O-]. The molecule has 1 atom stereocenters. The molecule has 1 heterocycles. The number of anilines is 1. The summed E-state index contributed by atoms with van der Waals surface area (Å²) in [6.45, 7) is 2.32. The summed E-state index contributed by atoms with van der Waals surface area (Å²) in [6.07, 6.45) is 3.22. The van der Waals surface area contributed by atoms with Gasteiger partial charge in [-0.2, -0.15) is 4.31 Å². The van der Waals surface area contributed by atoms with E-state index in [0.717, 1.165) is 19.3 Å². The van der Waals surface area contributed by atoms with Gasteiger partial charge in [-0.25, -0.2) is 8.42 Å². The minimum atomic E-state index is -3.91. The molecule has 1 fully saturated rings. The van der Waals surface area contributed by atoms with Gasteiger partial charge in [0.1, 0.15) is 5.69 Å². The summed E-state index contributed by atoms with van der Waals surface area (Å²) in [4.78, 5) is 10.1. The van der Waals surface area contributed by atoms with Crippen molar-refractivity contribution in [3.8, 4) is 0 Å². The lowest BCUT2D eigenvalue weighted by atomic mass is 10.0. The van der Waals surface area contributed by atoms with E-state index in [4.69, 9.17) is 5.73 Å². The number of para-hydroxylation sites is 1. The number of nitrogens with two attached hydrogens (primary N) is 1. The molecule has 0 aliphatic carbocycles. The third kappa shape index (κ3) is 2.86. The van der Waals surface area contributed by atoms with Crippen molar-refractivity contribution in [1.29, 1.82) is 0 Å². The molecule has 0 amide bonds. The van der Waals surface area contributed by atoms with Crippen molar-refractivity contribution in [2.24, 2.45) is 0 Å². The van der Waals surface area contributed by atoms with E-state index in [2.05, 4.69) is 0 Å². The molecule has 0 spiro atoms. The Labute approximate surface area is 123 Å². The fourth-order valence-corrected chi connectivity index (χ4v) is 4.72. The molecular formula is C13H19N3O4S. The topological polar surface area (TPSA) is 107 Å². The predicted molar refractivity (Wildman–Crippen MR) is 79.3 cm³/mol. The van der Waals surface area contributed by atoms with Crippen molar-refractivity contribution in [2.75, 3.05) is 12.3 Å². The Bertz CT molecular complexity index is 645. The highest BCUT2D eigenvalue weighted by Crippen LogP contribution is 2.34. The number of rotatable bonds is 4. The standard InChI is InChI=1S/C13H19N3O4S/c1-2-10-6-3-4-9-15(10)21(19,20)12-8-5-7-11(14)13(12)16(17)18/h5,7-8,10H,2-4,6,9,14H2,1H3. The van der Waals surface area contributed by atoms with E-state index in [-0.39, 0.29) is 16.6 Å². The number of hydrogen-bond donors (Lipinski definition) is 1. The summed E-state index contributed by atoms with van der Waals surface area (Å²) < 4.78 is 27.0. The van der Waals surface area contributed by atoms with Crippen LogP contribution < -0.4 is 5.73 Å². The average Bonchev–Trinajstić information content (AvgIpc) is 2.46. The van der Waals surface area contributed by atoms with Crippen LogP contribution in [0, 0.1) is 10.1 Å². The molecule has 116 valence electrons. The normalized spacial score (nSPS) is 20.3. The average molecular weight is 313 g/mol. The van der Waals surface area contributed by atoms with Crippen molar-refractivity contribution >= 4 is 21.4 Å². The zero-order valence-electron chi connectivity index (χ0n) is 11.9. The predicted octanol–water partition coefficient (Wildman–Crippen LogP) is 2.13. The summed E-state index contributed by atoms with van der Waals surface area (Å²) in [5.41, 5.74) is 4.93. The van der Waals surface area contributed by atoms with Crippen LogP contribution in [-0.2, 0) is 10.0 Å². The van der Waals surface area contributed by atoms with E-state index >= 15 is 0 Å². The van der Waals surface area contributed by atoms with Gasteiger partial charge in [-0.15, -0.1) is 0 Å². The van der Waals surface area contributed by atoms with Crippen LogP contribution in [0.3, 0.4) is 0 Å². The van der Waals surface area contributed by atoms with Gasteiger partial charge in [-0.1, -0.05) is 19.4 Å². The van der Waals surface area contributed by atoms with Gasteiger partial charge in [0.15, 0.2) is 4.90 Å². The van der Waals surface area contributed by atoms with Gasteiger partial charge in [0.25, 0.3) is 0 Å². The van der Waals surface area contributed by atoms with Crippen LogP contribution in [0.1, 0.15) is 32.6 Å². The molecule has 1 aliphatic heterocycles. The fourth-order valence-electron chi connectivity index (χ4n) is 2.77. The number of piperidine rings is 1. The highest BCUT2D eigenvalue weighted by Gasteiger charge is 2.37. The zero-order chi connectivity index (χ0) is 15.6. The van der Waals surface area contributed by atoms with Crippen molar-refractivity contribution in [3.05, 3.63) is 28.3 Å². The van der Waals surface area contributed by atoms with Gasteiger partial charge < -0.3 is 5.73 Å². The van der Waals surface area contributed by atoms with Crippen LogP contribution >= 0.6 is 0 Å². The molecule has 2 rings (SSSR count). The summed E-state index contributed by atoms with van der Waals surface area (Å²) >= 11 is 0. The van der Waals surface area contributed by atoms with Crippen molar-refractivity contribution < 1.29 is 13.3 Å². The Morgan fingerprint density at radius 1 is 1.43 bits per heavy atom. The minimum Gasteiger partial charge on any atom is -0.393 e. The second-order valence-corrected chi connectivity index (χ2v) is 6.98. The number of nitrogen functional groups attached to an aromatic ring is 1. The molecule has 0 bridgehead atoms. The maximum Gasteiger partial charge on any atom is 0.312 e. The second kappa shape index (κ2) is 5.98. The lowest BCUT2D eigenvalue weighted by Gasteiger charge is -2.33. The Hall–Kier alpha value is -1.67. The molecular weight excluding hydrogens is 294 g/mol. The van der Waals surface area contributed by atoms with E-state index in [1.807, 2.05) is 6.92 Å². The molecule has 21 heavy (non-hydrogen) atoms. The highest BCUT2D eigenvalue weighted by molar-refractivity contribution is 7.89. The number of hydrogen-bond acceptors (Lipinski definition) is 5. The number of nitro groups is 1. The second-order valence-electron chi connectivity index (χ2n) is 5.12. The quantitative estimate of drug-likeness (QED) is 0.520. The van der Waals surface area contributed by atoms with Crippen LogP contribution in [0.2, 0.25) is 0 Å². The third-order valence-electron chi connectivity index (χ3n) is 3.84. The molecule has 0 radical (unpaired) electrons. The monoisotopic (exact) mass is 313 g/mol. The maximum atomic E-state index is 12.8. The Morgan fingerprint density at radius 2 is 2.14 bits per heavy atom. The zero-order valence-corrected chi connectivity index (χ0v) is 12.7. The van der Waals surface area contributed by atoms with E-state index in [9.17, 15) is 18.5 Å². The largest absolute Gasteiger partial charge is 0.393 e. The van der Waals surface area contributed by atoms with Gasteiger partial charge in [0.05, 0.1) is 4.92 Å². The number of nitrogens with zero attached hydrogens (tertiary/aromatic N) is 2. The number of benzene rings is 1. The van der Waals surface area contributed by atoms with Gasteiger partial charge in [-0.05, 0) is 31.4 Å². The van der Waals surface area contributed by atoms with Gasteiger partial charge in [0.2, 0.25) is 10.0 Å². The van der Waals surface area contributed by atoms with E-state index in [1.54, 1.807) is 0 Å². The lowest BCUT2D eigenvalue weighted by Crippen LogP contribution is -2.43. The molecule has 1 aliphatic rings. The molecule has 1 aromatic carbocycles. The van der Waals surface area contributed by atoms with Crippen molar-refractivity contribution in [2.45, 2.75) is 43.5 Å². The first kappa shape index (κ1) is 15.7. The van der Waals surface area contributed by atoms with Crippen LogP contribution in [-0.4, -0.2) is 30.2 Å². The molecule has 1 saturated heterocycles. The summed E-state index contributed by atoms with van der Waals surface area (Å²) in [6, 6.07) is 3.92. The van der Waals surface area contributed by atoms with Gasteiger partial charge >= 0.3 is 5.69 Å². The van der Waals surface area contributed by atoms with Crippen LogP contribution in [0.4, 0.5) is 11.4 Å². The van der Waals surface area contributed by atoms with Crippen molar-refractivity contribution in [3.63, 3.8) is 0 Å². The first-order valence-electron chi connectivity index (χ1n) is 6.94. The molecule has 0 aromatic heterocycles. The first-order chi connectivity index (χ1) is 9.89. The summed E-state index contributed by atoms with van der Waals surface area (Å²) in [5.74, 6) is 0. The molecule has 1 unspecified atom stereocenters. The fraction of sp³-hybridized carbons (Fsp3) is 0.538. The number of sulfonamides is 1. The molecule has 7 nitrogen and oxygen atoms in total. The Morgan fingerprint density at radius 3 is 2.76 bits per heavy atom. The van der Waals surface area contributed by atoms with Gasteiger partial charge in [-0.3, -0.25) is 10.1 Å². The molecule has 0 saturated carbocycles. The van der Waals surface area contributed by atoms with E-state index < -0.39 is 20.6 Å². The minimum absolute atomic E-state index is 0.107. The molecule has 2 N–H and O–H groups in total. The molecule has 1 aromatic rings. The maximum absolute atomic E-state index is 12.8. The Balaban J connectivity index is 2.54. The summed E-state index contributed by atoms with van der Waals surface area (Å²) in [5, 5.41) is 11.2.